The molecule has 0 saturated heterocycles. The molecule has 0 aliphatic rings. The number of allylic oxidation sites excluding steroid dienone is 2. The van der Waals surface area contributed by atoms with Gasteiger partial charge in [-0.3, -0.25) is 0 Å². The minimum Gasteiger partial charge on any atom is -0.415 e. The van der Waals surface area contributed by atoms with Crippen LogP contribution in [0.4, 0.5) is 0 Å². The second-order valence-electron chi connectivity index (χ2n) is 2.08. The third-order valence-electron chi connectivity index (χ3n) is 0.756. The molecular weight excluding hydrogens is 128 g/mol. The third-order valence-corrected chi connectivity index (χ3v) is 1.80. The summed E-state index contributed by atoms with van der Waals surface area (Å²) >= 11 is 0. The van der Waals surface area contributed by atoms with Gasteiger partial charge in [0.1, 0.15) is 0 Å². The van der Waals surface area contributed by atoms with Crippen molar-refractivity contribution in [2.45, 2.75) is 32.9 Å². The van der Waals surface area contributed by atoms with Crippen LogP contribution in [0.25, 0.3) is 0 Å². The van der Waals surface area contributed by atoms with Crippen molar-refractivity contribution in [1.82, 2.24) is 0 Å². The van der Waals surface area contributed by atoms with Crippen molar-refractivity contribution in [3.8, 4) is 0 Å². The monoisotopic (exact) mass is 142 g/mol. The zero-order chi connectivity index (χ0) is 7.11. The molecule has 0 aliphatic carbocycles. The summed E-state index contributed by atoms with van der Waals surface area (Å²) in [4.78, 5) is 0. The molecule has 9 heavy (non-hydrogen) atoms. The van der Waals surface area contributed by atoms with Gasteiger partial charge in [-0.1, -0.05) is 12.2 Å². The molecule has 0 amide bonds. The number of hydrogen-bond acceptors (Lipinski definition) is 1. The Bertz CT molecular complexity index is 79.0. The SMILES string of the molecule is C/C=C/C[Si]OC(C)C. The Hall–Kier alpha value is -0.0831. The zero-order valence-corrected chi connectivity index (χ0v) is 7.35. The zero-order valence-electron chi connectivity index (χ0n) is 6.35. The molecule has 0 bridgehead atoms. The summed E-state index contributed by atoms with van der Waals surface area (Å²) in [5.41, 5.74) is 0. The maximum Gasteiger partial charge on any atom is 0.234 e. The van der Waals surface area contributed by atoms with Crippen LogP contribution in [-0.4, -0.2) is 15.9 Å². The molecular formula is C7H14OSi. The van der Waals surface area contributed by atoms with Gasteiger partial charge in [-0.2, -0.15) is 0 Å². The molecule has 2 radical (unpaired) electrons. The Morgan fingerprint density at radius 1 is 1.56 bits per heavy atom. The predicted octanol–water partition coefficient (Wildman–Crippen LogP) is 2.02. The van der Waals surface area contributed by atoms with Crippen LogP contribution in [0.3, 0.4) is 0 Å². The smallest absolute Gasteiger partial charge is 0.234 e. The quantitative estimate of drug-likeness (QED) is 0.331. The highest BCUT2D eigenvalue weighted by molar-refractivity contribution is 6.27. The molecule has 0 aromatic heterocycles. The Morgan fingerprint density at radius 2 is 2.22 bits per heavy atom. The summed E-state index contributed by atoms with van der Waals surface area (Å²) in [5.74, 6) is 0. The lowest BCUT2D eigenvalue weighted by Crippen LogP contribution is -2.05. The number of hydrogen-bond donors (Lipinski definition) is 0. The average molecular weight is 142 g/mol. The van der Waals surface area contributed by atoms with E-state index < -0.39 is 0 Å². The summed E-state index contributed by atoms with van der Waals surface area (Å²) in [5, 5.41) is 0. The van der Waals surface area contributed by atoms with Gasteiger partial charge in [0.15, 0.2) is 0 Å². The topological polar surface area (TPSA) is 9.23 Å². The van der Waals surface area contributed by atoms with Gasteiger partial charge in [0, 0.05) is 6.10 Å². The van der Waals surface area contributed by atoms with Crippen molar-refractivity contribution in [3.05, 3.63) is 12.2 Å². The van der Waals surface area contributed by atoms with Crippen LogP contribution in [-0.2, 0) is 4.43 Å². The van der Waals surface area contributed by atoms with Crippen molar-refractivity contribution in [1.29, 1.82) is 0 Å². The maximum atomic E-state index is 5.32. The van der Waals surface area contributed by atoms with E-state index >= 15 is 0 Å². The molecule has 0 spiro atoms. The van der Waals surface area contributed by atoms with Crippen molar-refractivity contribution in [2.24, 2.45) is 0 Å². The lowest BCUT2D eigenvalue weighted by atomic mass is 10.5. The highest BCUT2D eigenvalue weighted by Crippen LogP contribution is 1.89. The van der Waals surface area contributed by atoms with Gasteiger partial charge >= 0.3 is 0 Å². The Balaban J connectivity index is 2.91. The van der Waals surface area contributed by atoms with Crippen LogP contribution in [0.1, 0.15) is 20.8 Å². The van der Waals surface area contributed by atoms with Crippen molar-refractivity contribution in [3.63, 3.8) is 0 Å². The fraction of sp³-hybridized carbons (Fsp3) is 0.714. The van der Waals surface area contributed by atoms with Crippen LogP contribution >= 0.6 is 0 Å². The van der Waals surface area contributed by atoms with Gasteiger partial charge in [0.25, 0.3) is 0 Å². The van der Waals surface area contributed by atoms with Crippen molar-refractivity contribution in [2.75, 3.05) is 0 Å². The van der Waals surface area contributed by atoms with E-state index in [-0.39, 0.29) is 0 Å². The van der Waals surface area contributed by atoms with E-state index in [0.29, 0.717) is 15.9 Å². The minimum absolute atomic E-state index is 0.383. The molecule has 0 fully saturated rings. The summed E-state index contributed by atoms with van der Waals surface area (Å²) in [6.45, 7) is 6.14. The van der Waals surface area contributed by atoms with E-state index in [1.54, 1.807) is 0 Å². The molecule has 0 saturated carbocycles. The van der Waals surface area contributed by atoms with Crippen molar-refractivity contribution < 1.29 is 4.43 Å². The van der Waals surface area contributed by atoms with Gasteiger partial charge in [-0.05, 0) is 26.8 Å². The maximum absolute atomic E-state index is 5.32. The van der Waals surface area contributed by atoms with E-state index in [1.807, 2.05) is 6.92 Å². The first-order valence-corrected chi connectivity index (χ1v) is 4.38. The fourth-order valence-electron chi connectivity index (χ4n) is 0.381. The Kier molecular flexibility index (Phi) is 5.99. The van der Waals surface area contributed by atoms with Crippen molar-refractivity contribution >= 4 is 9.76 Å². The Morgan fingerprint density at radius 3 is 2.67 bits per heavy atom. The highest BCUT2D eigenvalue weighted by Gasteiger charge is 1.90. The fourth-order valence-corrected chi connectivity index (χ4v) is 1.14. The first kappa shape index (κ1) is 8.92. The van der Waals surface area contributed by atoms with Gasteiger partial charge in [-0.25, -0.2) is 0 Å². The molecule has 0 atom stereocenters. The van der Waals surface area contributed by atoms with Crippen LogP contribution in [0.15, 0.2) is 12.2 Å². The van der Waals surface area contributed by atoms with Crippen LogP contribution in [0, 0.1) is 0 Å². The van der Waals surface area contributed by atoms with E-state index in [0.717, 1.165) is 6.04 Å². The molecule has 1 nitrogen and oxygen atoms in total. The molecule has 0 rings (SSSR count). The molecule has 0 aromatic carbocycles. The van der Waals surface area contributed by atoms with Crippen LogP contribution < -0.4 is 0 Å². The summed E-state index contributed by atoms with van der Waals surface area (Å²) < 4.78 is 5.32. The molecule has 0 aliphatic heterocycles. The average Bonchev–Trinajstić information content (AvgIpc) is 1.80. The molecule has 0 unspecified atom stereocenters. The second-order valence-corrected chi connectivity index (χ2v) is 3.02. The van der Waals surface area contributed by atoms with E-state index in [2.05, 4.69) is 26.0 Å². The van der Waals surface area contributed by atoms with E-state index in [4.69, 9.17) is 4.43 Å². The Labute approximate surface area is 60.1 Å². The summed E-state index contributed by atoms with van der Waals surface area (Å²) in [6.07, 6.45) is 4.56. The number of rotatable bonds is 4. The van der Waals surface area contributed by atoms with Gasteiger partial charge in [0.05, 0.1) is 0 Å². The largest absolute Gasteiger partial charge is 0.415 e. The van der Waals surface area contributed by atoms with Crippen LogP contribution in [0.2, 0.25) is 6.04 Å². The highest BCUT2D eigenvalue weighted by atomic mass is 28.2. The lowest BCUT2D eigenvalue weighted by Gasteiger charge is -2.02. The van der Waals surface area contributed by atoms with Gasteiger partial charge < -0.3 is 4.43 Å². The summed E-state index contributed by atoms with van der Waals surface area (Å²) in [7, 11) is 0.633. The van der Waals surface area contributed by atoms with Crippen LogP contribution in [0.5, 0.6) is 0 Å². The third kappa shape index (κ3) is 7.92. The van der Waals surface area contributed by atoms with Gasteiger partial charge in [-0.15, -0.1) is 0 Å². The summed E-state index contributed by atoms with van der Waals surface area (Å²) in [6, 6.07) is 1.06. The molecule has 0 aromatic rings. The molecule has 2 heteroatoms. The first-order valence-electron chi connectivity index (χ1n) is 3.27. The van der Waals surface area contributed by atoms with Gasteiger partial charge in [0.2, 0.25) is 9.76 Å². The standard InChI is InChI=1S/C7H14OSi/c1-4-5-6-9-8-7(2)3/h4-5,7H,6H2,1-3H3/b5-4+. The minimum atomic E-state index is 0.383. The lowest BCUT2D eigenvalue weighted by molar-refractivity contribution is 0.256. The predicted molar refractivity (Wildman–Crippen MR) is 41.6 cm³/mol. The first-order chi connectivity index (χ1) is 4.27. The second kappa shape index (κ2) is 6.04. The molecule has 0 heterocycles. The van der Waals surface area contributed by atoms with E-state index in [9.17, 15) is 0 Å². The molecule has 52 valence electrons. The van der Waals surface area contributed by atoms with E-state index in [1.165, 1.54) is 0 Å². The molecule has 0 N–H and O–H groups in total. The normalized spacial score (nSPS) is 11.6.